The van der Waals surface area contributed by atoms with Gasteiger partial charge in [0, 0.05) is 27.1 Å². The largest absolute Gasteiger partial charge is 0.302 e. The summed E-state index contributed by atoms with van der Waals surface area (Å²) in [5, 5.41) is 0.628. The highest BCUT2D eigenvalue weighted by Crippen LogP contribution is 2.56. The van der Waals surface area contributed by atoms with Crippen molar-refractivity contribution in [3.63, 3.8) is 0 Å². The molecule has 3 nitrogen and oxygen atoms in total. The molecular formula is C28H23ClFNO2. The van der Waals surface area contributed by atoms with Crippen LogP contribution in [0.4, 0.5) is 10.1 Å². The Morgan fingerprint density at radius 1 is 1.03 bits per heavy atom. The Hall–Kier alpha value is -3.24. The van der Waals surface area contributed by atoms with Gasteiger partial charge in [-0.3, -0.25) is 9.59 Å². The molecule has 2 aliphatic rings. The van der Waals surface area contributed by atoms with Crippen molar-refractivity contribution in [1.82, 2.24) is 0 Å². The highest BCUT2D eigenvalue weighted by atomic mass is 35.5. The Kier molecular flexibility index (Phi) is 4.84. The Balaban J connectivity index is 1.74. The van der Waals surface area contributed by atoms with Crippen molar-refractivity contribution in [3.8, 4) is 0 Å². The van der Waals surface area contributed by atoms with Crippen molar-refractivity contribution in [3.05, 3.63) is 106 Å². The maximum absolute atomic E-state index is 15.0. The van der Waals surface area contributed by atoms with Crippen molar-refractivity contribution in [2.24, 2.45) is 0 Å². The van der Waals surface area contributed by atoms with E-state index in [1.165, 1.54) is 18.2 Å². The van der Waals surface area contributed by atoms with Crippen LogP contribution in [0.5, 0.6) is 0 Å². The minimum Gasteiger partial charge on any atom is -0.302 e. The fourth-order valence-corrected chi connectivity index (χ4v) is 5.58. The van der Waals surface area contributed by atoms with E-state index in [-0.39, 0.29) is 17.3 Å². The number of rotatable bonds is 3. The summed E-state index contributed by atoms with van der Waals surface area (Å²) in [4.78, 5) is 28.3. The average Bonchev–Trinajstić information content (AvgIpc) is 3.05. The van der Waals surface area contributed by atoms with Crippen LogP contribution in [0, 0.1) is 5.82 Å². The van der Waals surface area contributed by atoms with Crippen LogP contribution < -0.4 is 4.90 Å². The smallest absolute Gasteiger partial charge is 0.259 e. The van der Waals surface area contributed by atoms with Crippen LogP contribution in [0.1, 0.15) is 54.2 Å². The van der Waals surface area contributed by atoms with Crippen molar-refractivity contribution in [1.29, 1.82) is 0 Å². The van der Waals surface area contributed by atoms with Crippen molar-refractivity contribution >= 4 is 34.6 Å². The molecule has 0 spiro atoms. The second-order valence-electron chi connectivity index (χ2n) is 9.61. The summed E-state index contributed by atoms with van der Waals surface area (Å²) in [5.74, 6) is -0.990. The number of ketones is 1. The van der Waals surface area contributed by atoms with E-state index in [1.54, 1.807) is 29.2 Å². The summed E-state index contributed by atoms with van der Waals surface area (Å²) in [5.41, 5.74) is 2.49. The van der Waals surface area contributed by atoms with Gasteiger partial charge >= 0.3 is 0 Å². The number of allylic oxidation sites excluding steroid dienone is 1. The standard InChI is InChI=1S/C28H23ClFNO2/c1-27(2)16-28(3,18-9-11-19(29)12-10-18)23-14-20(30)13-21-22(26(33)31(27)25(21)23)15-24(32)17-7-5-4-6-8-17/h4-15H,16H2,1-3H3/b22-15+. The summed E-state index contributed by atoms with van der Waals surface area (Å²) >= 11 is 6.12. The molecular weight excluding hydrogens is 437 g/mol. The number of nitrogens with zero attached hydrogens (tertiary/aromatic N) is 1. The molecule has 1 atom stereocenters. The fourth-order valence-electron chi connectivity index (χ4n) is 5.45. The molecule has 5 rings (SSSR count). The quantitative estimate of drug-likeness (QED) is 0.327. The van der Waals surface area contributed by atoms with Gasteiger partial charge in [0.25, 0.3) is 5.91 Å². The zero-order valence-corrected chi connectivity index (χ0v) is 19.4. The van der Waals surface area contributed by atoms with Gasteiger partial charge < -0.3 is 4.90 Å². The van der Waals surface area contributed by atoms with Crippen LogP contribution in [-0.2, 0) is 10.2 Å². The van der Waals surface area contributed by atoms with Crippen molar-refractivity contribution in [2.45, 2.75) is 38.1 Å². The molecule has 5 heteroatoms. The topological polar surface area (TPSA) is 37.4 Å². The first kappa shape index (κ1) is 21.6. The van der Waals surface area contributed by atoms with Gasteiger partial charge in [-0.15, -0.1) is 0 Å². The molecule has 0 aliphatic carbocycles. The van der Waals surface area contributed by atoms with E-state index >= 15 is 0 Å². The SMILES string of the molecule is CC1(c2ccc(Cl)cc2)CC(C)(C)N2C(=O)/C(=C/C(=O)c3ccccc3)c3cc(F)cc1c32. The molecule has 0 fully saturated rings. The number of amides is 1. The Bertz CT molecular complexity index is 1330. The minimum atomic E-state index is -0.559. The Morgan fingerprint density at radius 3 is 2.36 bits per heavy atom. The molecule has 2 heterocycles. The van der Waals surface area contributed by atoms with Crippen LogP contribution in [-0.4, -0.2) is 17.2 Å². The lowest BCUT2D eigenvalue weighted by Gasteiger charge is -2.49. The lowest BCUT2D eigenvalue weighted by molar-refractivity contribution is -0.114. The second-order valence-corrected chi connectivity index (χ2v) is 10.0. The first-order valence-corrected chi connectivity index (χ1v) is 11.3. The summed E-state index contributed by atoms with van der Waals surface area (Å²) in [6.45, 7) is 6.10. The van der Waals surface area contributed by atoms with Crippen molar-refractivity contribution < 1.29 is 14.0 Å². The molecule has 0 radical (unpaired) electrons. The predicted octanol–water partition coefficient (Wildman–Crippen LogP) is 6.58. The monoisotopic (exact) mass is 459 g/mol. The van der Waals surface area contributed by atoms with Crippen LogP contribution in [0.25, 0.3) is 5.57 Å². The number of hydrogen-bond donors (Lipinski definition) is 0. The third-order valence-corrected chi connectivity index (χ3v) is 7.07. The lowest BCUT2D eigenvalue weighted by atomic mass is 9.65. The van der Waals surface area contributed by atoms with Gasteiger partial charge in [-0.1, -0.05) is 61.0 Å². The molecule has 0 saturated carbocycles. The van der Waals surface area contributed by atoms with E-state index in [4.69, 9.17) is 11.6 Å². The normalized spacial score (nSPS) is 21.9. The zero-order valence-electron chi connectivity index (χ0n) is 18.7. The summed E-state index contributed by atoms with van der Waals surface area (Å²) in [6, 6.07) is 19.2. The third kappa shape index (κ3) is 3.32. The Morgan fingerprint density at radius 2 is 1.70 bits per heavy atom. The lowest BCUT2D eigenvalue weighted by Crippen LogP contribution is -2.54. The van der Waals surface area contributed by atoms with Gasteiger partial charge in [0.15, 0.2) is 5.78 Å². The number of benzene rings is 3. The van der Waals surface area contributed by atoms with Gasteiger partial charge in [0.2, 0.25) is 0 Å². The van der Waals surface area contributed by atoms with E-state index < -0.39 is 16.8 Å². The predicted molar refractivity (Wildman–Crippen MR) is 129 cm³/mol. The second kappa shape index (κ2) is 7.39. The summed E-state index contributed by atoms with van der Waals surface area (Å²) in [6.07, 6.45) is 1.93. The molecule has 3 aromatic rings. The maximum Gasteiger partial charge on any atom is 0.259 e. The van der Waals surface area contributed by atoms with Gasteiger partial charge in [0.05, 0.1) is 11.3 Å². The number of carbonyl (C=O) groups is 2. The molecule has 1 unspecified atom stereocenters. The molecule has 33 heavy (non-hydrogen) atoms. The van der Waals surface area contributed by atoms with E-state index in [0.717, 1.165) is 11.1 Å². The van der Waals surface area contributed by atoms with E-state index in [0.29, 0.717) is 28.3 Å². The van der Waals surface area contributed by atoms with Crippen LogP contribution in [0.15, 0.2) is 72.8 Å². The highest BCUT2D eigenvalue weighted by molar-refractivity contribution is 6.36. The summed E-state index contributed by atoms with van der Waals surface area (Å²) < 4.78 is 15.0. The molecule has 166 valence electrons. The van der Waals surface area contributed by atoms with Crippen LogP contribution in [0.3, 0.4) is 0 Å². The van der Waals surface area contributed by atoms with Crippen LogP contribution in [0.2, 0.25) is 5.02 Å². The van der Waals surface area contributed by atoms with E-state index in [9.17, 15) is 14.0 Å². The average molecular weight is 460 g/mol. The fraction of sp³-hybridized carbons (Fsp3) is 0.214. The molecule has 0 aromatic heterocycles. The number of anilines is 1. The van der Waals surface area contributed by atoms with Gasteiger partial charge in [0.1, 0.15) is 5.82 Å². The zero-order chi connectivity index (χ0) is 23.5. The van der Waals surface area contributed by atoms with Crippen LogP contribution >= 0.6 is 11.6 Å². The number of carbonyl (C=O) groups excluding carboxylic acids is 2. The molecule has 1 amide bonds. The van der Waals surface area contributed by atoms with Gasteiger partial charge in [-0.05, 0) is 61.7 Å². The molecule has 0 saturated heterocycles. The molecule has 0 bridgehead atoms. The number of hydrogen-bond acceptors (Lipinski definition) is 2. The third-order valence-electron chi connectivity index (χ3n) is 6.82. The van der Waals surface area contributed by atoms with Gasteiger partial charge in [-0.25, -0.2) is 4.39 Å². The van der Waals surface area contributed by atoms with Gasteiger partial charge in [-0.2, -0.15) is 0 Å². The summed E-state index contributed by atoms with van der Waals surface area (Å²) in [7, 11) is 0. The van der Waals surface area contributed by atoms with E-state index in [2.05, 4.69) is 6.92 Å². The highest BCUT2D eigenvalue weighted by Gasteiger charge is 2.52. The number of halogens is 2. The minimum absolute atomic E-state index is 0.230. The molecule has 0 N–H and O–H groups in total. The molecule has 2 aliphatic heterocycles. The Labute approximate surface area is 197 Å². The maximum atomic E-state index is 15.0. The van der Waals surface area contributed by atoms with E-state index in [1.807, 2.05) is 44.2 Å². The van der Waals surface area contributed by atoms with Crippen molar-refractivity contribution in [2.75, 3.05) is 4.90 Å². The molecule has 3 aromatic carbocycles. The first-order chi connectivity index (χ1) is 15.6. The first-order valence-electron chi connectivity index (χ1n) is 10.9.